The second kappa shape index (κ2) is 7.80. The van der Waals surface area contributed by atoms with Crippen LogP contribution in [0.25, 0.3) is 0 Å². The summed E-state index contributed by atoms with van der Waals surface area (Å²) in [7, 11) is 2.19. The zero-order valence-corrected chi connectivity index (χ0v) is 13.0. The van der Waals surface area contributed by atoms with Crippen molar-refractivity contribution in [3.05, 3.63) is 35.4 Å². The van der Waals surface area contributed by atoms with E-state index in [4.69, 9.17) is 0 Å². The van der Waals surface area contributed by atoms with Gasteiger partial charge in [-0.1, -0.05) is 49.1 Å². The molecular formula is C18H29NO. The van der Waals surface area contributed by atoms with E-state index >= 15 is 0 Å². The molecule has 1 fully saturated rings. The molecule has 1 saturated carbocycles. The van der Waals surface area contributed by atoms with Gasteiger partial charge in [0.05, 0.1) is 6.10 Å². The average molecular weight is 275 g/mol. The zero-order valence-electron chi connectivity index (χ0n) is 13.0. The van der Waals surface area contributed by atoms with Crippen LogP contribution in [0.1, 0.15) is 55.8 Å². The largest absolute Gasteiger partial charge is 0.388 e. The van der Waals surface area contributed by atoms with Gasteiger partial charge < -0.3 is 10.0 Å². The molecule has 1 atom stereocenters. The molecule has 1 N–H and O–H groups in total. The summed E-state index contributed by atoms with van der Waals surface area (Å²) in [6.07, 6.45) is 7.52. The van der Waals surface area contributed by atoms with Crippen molar-refractivity contribution in [1.82, 2.24) is 4.90 Å². The number of aliphatic hydroxyl groups excluding tert-OH is 1. The van der Waals surface area contributed by atoms with Gasteiger partial charge in [-0.15, -0.1) is 0 Å². The van der Waals surface area contributed by atoms with Crippen LogP contribution in [0.4, 0.5) is 0 Å². The molecule has 0 amide bonds. The predicted octanol–water partition coefficient (Wildman–Crippen LogP) is 3.93. The van der Waals surface area contributed by atoms with Gasteiger partial charge in [-0.05, 0) is 44.7 Å². The molecule has 0 radical (unpaired) electrons. The summed E-state index contributed by atoms with van der Waals surface area (Å²) >= 11 is 0. The summed E-state index contributed by atoms with van der Waals surface area (Å²) in [4.78, 5) is 2.40. The lowest BCUT2D eigenvalue weighted by molar-refractivity contribution is 0.140. The number of hydrogen-bond donors (Lipinski definition) is 1. The van der Waals surface area contributed by atoms with Crippen LogP contribution in [0.2, 0.25) is 0 Å². The second-order valence-corrected chi connectivity index (χ2v) is 6.48. The van der Waals surface area contributed by atoms with Gasteiger partial charge in [0.15, 0.2) is 0 Å². The van der Waals surface area contributed by atoms with Crippen LogP contribution in [0.15, 0.2) is 24.3 Å². The van der Waals surface area contributed by atoms with Crippen LogP contribution in [0.5, 0.6) is 0 Å². The van der Waals surface area contributed by atoms with Crippen LogP contribution in [0.3, 0.4) is 0 Å². The Hall–Kier alpha value is -0.860. The normalized spacial score (nSPS) is 18.4. The molecule has 0 aromatic heterocycles. The Labute approximate surface area is 123 Å². The minimum absolute atomic E-state index is 0.329. The predicted molar refractivity (Wildman–Crippen MR) is 84.8 cm³/mol. The Morgan fingerprint density at radius 3 is 2.45 bits per heavy atom. The summed E-state index contributed by atoms with van der Waals surface area (Å²) in [6.45, 7) is 4.25. The molecule has 112 valence electrons. The summed E-state index contributed by atoms with van der Waals surface area (Å²) in [5.74, 6) is 0.880. The number of nitrogens with zero attached hydrogens (tertiary/aromatic N) is 1. The van der Waals surface area contributed by atoms with E-state index in [1.807, 2.05) is 12.1 Å². The van der Waals surface area contributed by atoms with E-state index in [0.717, 1.165) is 24.4 Å². The fourth-order valence-electron chi connectivity index (χ4n) is 3.20. The first kappa shape index (κ1) is 15.5. The van der Waals surface area contributed by atoms with Crippen molar-refractivity contribution in [2.75, 3.05) is 20.1 Å². The first-order valence-electron chi connectivity index (χ1n) is 8.08. The highest BCUT2D eigenvalue weighted by atomic mass is 16.3. The third-order valence-electron chi connectivity index (χ3n) is 4.54. The van der Waals surface area contributed by atoms with E-state index in [1.54, 1.807) is 0 Å². The van der Waals surface area contributed by atoms with Crippen LogP contribution in [-0.2, 0) is 0 Å². The molecule has 0 spiro atoms. The van der Waals surface area contributed by atoms with Crippen molar-refractivity contribution in [2.45, 2.75) is 51.6 Å². The Bertz CT molecular complexity index is 381. The molecule has 1 aromatic carbocycles. The highest BCUT2D eigenvalue weighted by molar-refractivity contribution is 5.22. The fourth-order valence-corrected chi connectivity index (χ4v) is 3.20. The molecule has 0 aliphatic heterocycles. The Morgan fingerprint density at radius 1 is 1.15 bits per heavy atom. The molecule has 1 unspecified atom stereocenters. The monoisotopic (exact) mass is 275 g/mol. The molecule has 0 saturated heterocycles. The van der Waals surface area contributed by atoms with Gasteiger partial charge in [0.2, 0.25) is 0 Å². The van der Waals surface area contributed by atoms with Gasteiger partial charge >= 0.3 is 0 Å². The SMILES string of the molecule is Cc1ccc(C(O)CCN(C)CC2CCCCC2)cc1. The van der Waals surface area contributed by atoms with Gasteiger partial charge in [-0.25, -0.2) is 0 Å². The molecule has 1 aliphatic rings. The second-order valence-electron chi connectivity index (χ2n) is 6.48. The quantitative estimate of drug-likeness (QED) is 0.850. The van der Waals surface area contributed by atoms with E-state index in [0.29, 0.717) is 0 Å². The minimum atomic E-state index is -0.329. The van der Waals surface area contributed by atoms with Crippen LogP contribution in [-0.4, -0.2) is 30.1 Å². The standard InChI is InChI=1S/C18H29NO/c1-15-8-10-17(11-9-15)18(20)12-13-19(2)14-16-6-4-3-5-7-16/h8-11,16,18,20H,3-7,12-14H2,1-2H3. The highest BCUT2D eigenvalue weighted by Gasteiger charge is 2.16. The Balaban J connectivity index is 1.71. The molecule has 1 aliphatic carbocycles. The van der Waals surface area contributed by atoms with Gasteiger partial charge in [0, 0.05) is 13.1 Å². The lowest BCUT2D eigenvalue weighted by Gasteiger charge is -2.27. The lowest BCUT2D eigenvalue weighted by atomic mass is 9.89. The van der Waals surface area contributed by atoms with E-state index in [9.17, 15) is 5.11 Å². The van der Waals surface area contributed by atoms with Crippen LogP contribution in [0, 0.1) is 12.8 Å². The molecule has 2 heteroatoms. The minimum Gasteiger partial charge on any atom is -0.388 e. The van der Waals surface area contributed by atoms with Crippen molar-refractivity contribution in [3.63, 3.8) is 0 Å². The van der Waals surface area contributed by atoms with Crippen molar-refractivity contribution in [3.8, 4) is 0 Å². The topological polar surface area (TPSA) is 23.5 Å². The summed E-state index contributed by atoms with van der Waals surface area (Å²) in [6, 6.07) is 8.23. The number of benzene rings is 1. The van der Waals surface area contributed by atoms with Crippen molar-refractivity contribution in [1.29, 1.82) is 0 Å². The maximum atomic E-state index is 10.2. The fraction of sp³-hybridized carbons (Fsp3) is 0.667. The van der Waals surface area contributed by atoms with Gasteiger partial charge in [0.1, 0.15) is 0 Å². The molecule has 2 nitrogen and oxygen atoms in total. The smallest absolute Gasteiger partial charge is 0.0802 e. The molecule has 2 rings (SSSR count). The van der Waals surface area contributed by atoms with E-state index in [-0.39, 0.29) is 6.10 Å². The van der Waals surface area contributed by atoms with Crippen molar-refractivity contribution < 1.29 is 5.11 Å². The maximum Gasteiger partial charge on any atom is 0.0802 e. The van der Waals surface area contributed by atoms with Gasteiger partial charge in [0.25, 0.3) is 0 Å². The Kier molecular flexibility index (Phi) is 6.06. The number of aliphatic hydroxyl groups is 1. The van der Waals surface area contributed by atoms with Gasteiger partial charge in [-0.2, -0.15) is 0 Å². The summed E-state index contributed by atoms with van der Waals surface area (Å²) in [5.41, 5.74) is 2.29. The van der Waals surface area contributed by atoms with E-state index < -0.39 is 0 Å². The number of rotatable bonds is 6. The van der Waals surface area contributed by atoms with Crippen LogP contribution >= 0.6 is 0 Å². The first-order chi connectivity index (χ1) is 9.65. The first-order valence-corrected chi connectivity index (χ1v) is 8.08. The van der Waals surface area contributed by atoms with Crippen molar-refractivity contribution in [2.24, 2.45) is 5.92 Å². The van der Waals surface area contributed by atoms with Gasteiger partial charge in [-0.3, -0.25) is 0 Å². The molecular weight excluding hydrogens is 246 g/mol. The average Bonchev–Trinajstić information content (AvgIpc) is 2.46. The number of aryl methyl sites for hydroxylation is 1. The highest BCUT2D eigenvalue weighted by Crippen LogP contribution is 2.24. The summed E-state index contributed by atoms with van der Waals surface area (Å²) < 4.78 is 0. The third kappa shape index (κ3) is 4.92. The van der Waals surface area contributed by atoms with E-state index in [2.05, 4.69) is 31.0 Å². The molecule has 0 bridgehead atoms. The Morgan fingerprint density at radius 2 is 1.80 bits per heavy atom. The third-order valence-corrected chi connectivity index (χ3v) is 4.54. The zero-order chi connectivity index (χ0) is 14.4. The molecule has 1 aromatic rings. The van der Waals surface area contributed by atoms with Crippen molar-refractivity contribution >= 4 is 0 Å². The number of hydrogen-bond acceptors (Lipinski definition) is 2. The summed E-state index contributed by atoms with van der Waals surface area (Å²) in [5, 5.41) is 10.2. The molecule has 20 heavy (non-hydrogen) atoms. The maximum absolute atomic E-state index is 10.2. The van der Waals surface area contributed by atoms with Crippen LogP contribution < -0.4 is 0 Å². The lowest BCUT2D eigenvalue weighted by Crippen LogP contribution is -2.28. The molecule has 0 heterocycles. The van der Waals surface area contributed by atoms with E-state index in [1.165, 1.54) is 44.2 Å².